The molecule has 1 aromatic carbocycles. The molecule has 2 rings (SSSR count). The fourth-order valence-electron chi connectivity index (χ4n) is 2.74. The van der Waals surface area contributed by atoms with Gasteiger partial charge in [-0.05, 0) is 31.0 Å². The number of thiocarbonyl (C=S) groups is 1. The van der Waals surface area contributed by atoms with Crippen molar-refractivity contribution in [3.8, 4) is 0 Å². The van der Waals surface area contributed by atoms with Crippen LogP contribution in [-0.2, 0) is 0 Å². The van der Waals surface area contributed by atoms with Crippen LogP contribution in [0.4, 0.5) is 10.1 Å². The first kappa shape index (κ1) is 14.2. The van der Waals surface area contributed by atoms with Gasteiger partial charge in [0.15, 0.2) is 0 Å². The van der Waals surface area contributed by atoms with Crippen molar-refractivity contribution in [1.82, 2.24) is 0 Å². The van der Waals surface area contributed by atoms with Gasteiger partial charge in [-0.1, -0.05) is 25.1 Å². The number of hydrogen-bond donors (Lipinski definition) is 2. The lowest BCUT2D eigenvalue weighted by Crippen LogP contribution is -2.44. The van der Waals surface area contributed by atoms with E-state index in [0.29, 0.717) is 5.56 Å². The predicted molar refractivity (Wildman–Crippen MR) is 79.0 cm³/mol. The molecule has 3 nitrogen and oxygen atoms in total. The van der Waals surface area contributed by atoms with Crippen LogP contribution in [0.25, 0.3) is 0 Å². The molecule has 1 saturated carbocycles. The summed E-state index contributed by atoms with van der Waals surface area (Å²) in [7, 11) is 1.90. The number of aliphatic hydroxyl groups excluding tert-OH is 1. The van der Waals surface area contributed by atoms with Gasteiger partial charge >= 0.3 is 0 Å². The number of halogens is 1. The topological polar surface area (TPSA) is 49.5 Å². The molecule has 0 heterocycles. The Morgan fingerprint density at radius 2 is 2.11 bits per heavy atom. The van der Waals surface area contributed by atoms with Gasteiger partial charge in [0.05, 0.1) is 12.1 Å². The molecule has 19 heavy (non-hydrogen) atoms. The Bertz CT molecular complexity index is 481. The predicted octanol–water partition coefficient (Wildman–Crippen LogP) is 2.20. The van der Waals surface area contributed by atoms with Crippen molar-refractivity contribution < 1.29 is 9.50 Å². The molecular formula is C14H19FN2OS. The van der Waals surface area contributed by atoms with Gasteiger partial charge in [-0.3, -0.25) is 0 Å². The second-order valence-electron chi connectivity index (χ2n) is 5.06. The SMILES string of the molecule is CN(c1ccc(F)cc1C(N)=S)C1CCCCC1O. The molecule has 1 aromatic rings. The summed E-state index contributed by atoms with van der Waals surface area (Å²) in [4.78, 5) is 2.14. The van der Waals surface area contributed by atoms with Crippen LogP contribution >= 0.6 is 12.2 Å². The molecular weight excluding hydrogens is 263 g/mol. The van der Waals surface area contributed by atoms with Crippen LogP contribution in [0, 0.1) is 5.82 Å². The van der Waals surface area contributed by atoms with E-state index in [1.165, 1.54) is 12.1 Å². The summed E-state index contributed by atoms with van der Waals surface area (Å²) in [6.45, 7) is 0. The van der Waals surface area contributed by atoms with Gasteiger partial charge in [-0.2, -0.15) is 0 Å². The Morgan fingerprint density at radius 3 is 2.74 bits per heavy atom. The Balaban J connectivity index is 2.32. The van der Waals surface area contributed by atoms with Crippen molar-refractivity contribution in [3.63, 3.8) is 0 Å². The molecule has 1 aliphatic rings. The van der Waals surface area contributed by atoms with E-state index in [4.69, 9.17) is 18.0 Å². The quantitative estimate of drug-likeness (QED) is 0.835. The zero-order valence-electron chi connectivity index (χ0n) is 11.0. The average molecular weight is 282 g/mol. The largest absolute Gasteiger partial charge is 0.391 e. The molecule has 0 saturated heterocycles. The van der Waals surface area contributed by atoms with E-state index < -0.39 is 0 Å². The van der Waals surface area contributed by atoms with Crippen LogP contribution < -0.4 is 10.6 Å². The number of rotatable bonds is 3. The Morgan fingerprint density at radius 1 is 1.42 bits per heavy atom. The molecule has 1 aliphatic carbocycles. The molecule has 0 radical (unpaired) electrons. The molecule has 0 amide bonds. The molecule has 1 fully saturated rings. The third-order valence-corrected chi connectivity index (χ3v) is 4.02. The average Bonchev–Trinajstić information content (AvgIpc) is 2.38. The molecule has 104 valence electrons. The first-order valence-corrected chi connectivity index (χ1v) is 6.92. The number of hydrogen-bond acceptors (Lipinski definition) is 3. The van der Waals surface area contributed by atoms with E-state index in [1.807, 2.05) is 11.9 Å². The number of nitrogens with two attached hydrogens (primary N) is 1. The number of nitrogens with zero attached hydrogens (tertiary/aromatic N) is 1. The first-order valence-electron chi connectivity index (χ1n) is 6.51. The monoisotopic (exact) mass is 282 g/mol. The summed E-state index contributed by atoms with van der Waals surface area (Å²) >= 11 is 4.98. The summed E-state index contributed by atoms with van der Waals surface area (Å²) in [5, 5.41) is 10.1. The highest BCUT2D eigenvalue weighted by molar-refractivity contribution is 7.80. The molecule has 3 N–H and O–H groups in total. The first-order chi connectivity index (χ1) is 9.00. The second kappa shape index (κ2) is 5.84. The van der Waals surface area contributed by atoms with Crippen molar-refractivity contribution in [2.75, 3.05) is 11.9 Å². The van der Waals surface area contributed by atoms with Gasteiger partial charge in [0, 0.05) is 18.3 Å². The van der Waals surface area contributed by atoms with E-state index in [0.717, 1.165) is 31.4 Å². The molecule has 2 atom stereocenters. The van der Waals surface area contributed by atoms with Gasteiger partial charge in [-0.25, -0.2) is 4.39 Å². The zero-order valence-corrected chi connectivity index (χ0v) is 11.8. The summed E-state index contributed by atoms with van der Waals surface area (Å²) in [5.41, 5.74) is 6.96. The van der Waals surface area contributed by atoms with Crippen molar-refractivity contribution >= 4 is 22.9 Å². The van der Waals surface area contributed by atoms with Crippen LogP contribution in [0.5, 0.6) is 0 Å². The van der Waals surface area contributed by atoms with Gasteiger partial charge < -0.3 is 15.7 Å². The number of anilines is 1. The van der Waals surface area contributed by atoms with Gasteiger partial charge in [0.2, 0.25) is 0 Å². The summed E-state index contributed by atoms with van der Waals surface area (Å²) < 4.78 is 13.3. The Labute approximate surface area is 118 Å². The molecule has 0 spiro atoms. The van der Waals surface area contributed by atoms with Crippen LogP contribution in [0.1, 0.15) is 31.2 Å². The summed E-state index contributed by atoms with van der Waals surface area (Å²) in [6, 6.07) is 4.45. The lowest BCUT2D eigenvalue weighted by Gasteiger charge is -2.37. The molecule has 2 unspecified atom stereocenters. The van der Waals surface area contributed by atoms with Crippen molar-refractivity contribution in [1.29, 1.82) is 0 Å². The van der Waals surface area contributed by atoms with E-state index in [-0.39, 0.29) is 23.0 Å². The Kier molecular flexibility index (Phi) is 4.37. The van der Waals surface area contributed by atoms with Crippen LogP contribution in [-0.4, -0.2) is 29.3 Å². The molecule has 0 aliphatic heterocycles. The third kappa shape index (κ3) is 3.04. The molecule has 0 bridgehead atoms. The van der Waals surface area contributed by atoms with Gasteiger partial charge in [0.1, 0.15) is 10.8 Å². The van der Waals surface area contributed by atoms with Crippen molar-refractivity contribution in [2.24, 2.45) is 5.73 Å². The van der Waals surface area contributed by atoms with Crippen LogP contribution in [0.15, 0.2) is 18.2 Å². The third-order valence-electron chi connectivity index (χ3n) is 3.80. The number of likely N-dealkylation sites (N-methyl/N-ethyl adjacent to an activating group) is 1. The minimum atomic E-state index is -0.358. The number of benzene rings is 1. The van der Waals surface area contributed by atoms with Crippen LogP contribution in [0.3, 0.4) is 0 Å². The Hall–Kier alpha value is -1.20. The summed E-state index contributed by atoms with van der Waals surface area (Å²) in [5.74, 6) is -0.357. The minimum absolute atomic E-state index is 0.0345. The highest BCUT2D eigenvalue weighted by atomic mass is 32.1. The standard InChI is InChI=1S/C14H19FN2OS/c1-17(12-4-2-3-5-13(12)18)11-7-6-9(15)8-10(11)14(16)19/h6-8,12-13,18H,2-5H2,1H3,(H2,16,19). The lowest BCUT2D eigenvalue weighted by atomic mass is 9.91. The second-order valence-corrected chi connectivity index (χ2v) is 5.50. The molecule has 5 heteroatoms. The molecule has 0 aromatic heterocycles. The maximum atomic E-state index is 13.3. The smallest absolute Gasteiger partial charge is 0.124 e. The lowest BCUT2D eigenvalue weighted by molar-refractivity contribution is 0.106. The van der Waals surface area contributed by atoms with Crippen molar-refractivity contribution in [3.05, 3.63) is 29.6 Å². The minimum Gasteiger partial charge on any atom is -0.391 e. The van der Waals surface area contributed by atoms with Gasteiger partial charge in [0.25, 0.3) is 0 Å². The highest BCUT2D eigenvalue weighted by Gasteiger charge is 2.28. The highest BCUT2D eigenvalue weighted by Crippen LogP contribution is 2.29. The summed E-state index contributed by atoms with van der Waals surface area (Å²) in [6.07, 6.45) is 3.51. The van der Waals surface area contributed by atoms with E-state index in [9.17, 15) is 9.50 Å². The van der Waals surface area contributed by atoms with E-state index in [2.05, 4.69) is 0 Å². The van der Waals surface area contributed by atoms with E-state index >= 15 is 0 Å². The van der Waals surface area contributed by atoms with Crippen LogP contribution in [0.2, 0.25) is 0 Å². The zero-order chi connectivity index (χ0) is 14.0. The number of aliphatic hydroxyl groups is 1. The van der Waals surface area contributed by atoms with Gasteiger partial charge in [-0.15, -0.1) is 0 Å². The van der Waals surface area contributed by atoms with Crippen molar-refractivity contribution in [2.45, 2.75) is 37.8 Å². The fourth-order valence-corrected chi connectivity index (χ4v) is 2.90. The maximum absolute atomic E-state index is 13.3. The normalized spacial score (nSPS) is 23.1. The van der Waals surface area contributed by atoms with E-state index in [1.54, 1.807) is 6.07 Å². The fraction of sp³-hybridized carbons (Fsp3) is 0.500. The maximum Gasteiger partial charge on any atom is 0.124 e.